The Morgan fingerprint density at radius 3 is 2.34 bits per heavy atom. The molecule has 0 radical (unpaired) electrons. The molecule has 0 saturated heterocycles. The Hall–Kier alpha value is -2.08. The highest BCUT2D eigenvalue weighted by Crippen LogP contribution is 2.52. The van der Waals surface area contributed by atoms with Gasteiger partial charge in [-0.3, -0.25) is 14.5 Å². The Balaban J connectivity index is 1.65. The van der Waals surface area contributed by atoms with Gasteiger partial charge < -0.3 is 10.6 Å². The van der Waals surface area contributed by atoms with Crippen LogP contribution in [-0.4, -0.2) is 35.3 Å². The zero-order valence-corrected chi connectivity index (χ0v) is 24.4. The molecular weight excluding hydrogens is 517 g/mol. The van der Waals surface area contributed by atoms with Gasteiger partial charge in [0.05, 0.1) is 6.54 Å². The van der Waals surface area contributed by atoms with E-state index in [-0.39, 0.29) is 41.3 Å². The lowest BCUT2D eigenvalue weighted by Gasteiger charge is -2.52. The van der Waals surface area contributed by atoms with E-state index in [4.69, 9.17) is 23.2 Å². The summed E-state index contributed by atoms with van der Waals surface area (Å²) in [6.45, 7) is 9.38. The van der Waals surface area contributed by atoms with Crippen molar-refractivity contribution in [3.8, 4) is 0 Å². The molecule has 1 unspecified atom stereocenters. The number of carbonyl (C=O) groups is 2. The van der Waals surface area contributed by atoms with Gasteiger partial charge in [0.1, 0.15) is 5.54 Å². The van der Waals surface area contributed by atoms with Crippen molar-refractivity contribution in [1.82, 2.24) is 10.2 Å². The molecule has 3 aliphatic rings. The summed E-state index contributed by atoms with van der Waals surface area (Å²) >= 11 is 12.8. The predicted molar refractivity (Wildman–Crippen MR) is 155 cm³/mol. The zero-order chi connectivity index (χ0) is 27.3. The number of nitrogens with one attached hydrogen (secondary N) is 2. The number of carbonyl (C=O) groups excluding carboxylic acids is 2. The quantitative estimate of drug-likeness (QED) is 0.388. The lowest BCUT2D eigenvalue weighted by molar-refractivity contribution is -0.138. The standard InChI is InChI=1S/C31H39Cl2N3O2/c1-29(2)16-24(17-30(3,4)19-29)36(18-27(37)34-23-9-6-10-23)31(15-20-7-5-8-21(32)13-20)25-12-11-22(33)14-26(25)35-28(31)38/h5,7-8,11-14,23-24H,6,9-10,15-19H2,1-4H3,(H,34,37)(H,35,38). The minimum Gasteiger partial charge on any atom is -0.352 e. The fraction of sp³-hybridized carbons (Fsp3) is 0.548. The smallest absolute Gasteiger partial charge is 0.249 e. The van der Waals surface area contributed by atoms with Crippen LogP contribution in [0.3, 0.4) is 0 Å². The first-order valence-electron chi connectivity index (χ1n) is 13.8. The third-order valence-electron chi connectivity index (χ3n) is 8.65. The number of rotatable bonds is 7. The van der Waals surface area contributed by atoms with Crippen molar-refractivity contribution >= 4 is 40.7 Å². The summed E-state index contributed by atoms with van der Waals surface area (Å²) in [5, 5.41) is 7.56. The number of nitrogens with zero attached hydrogens (tertiary/aromatic N) is 1. The highest BCUT2D eigenvalue weighted by molar-refractivity contribution is 6.31. The molecule has 5 rings (SSSR count). The van der Waals surface area contributed by atoms with Gasteiger partial charge in [0, 0.05) is 39.8 Å². The van der Waals surface area contributed by atoms with Crippen molar-refractivity contribution in [3.05, 3.63) is 63.6 Å². The summed E-state index contributed by atoms with van der Waals surface area (Å²) in [5.41, 5.74) is 1.60. The highest BCUT2D eigenvalue weighted by Gasteiger charge is 2.55. The van der Waals surface area contributed by atoms with E-state index in [0.29, 0.717) is 22.2 Å². The lowest BCUT2D eigenvalue weighted by atomic mass is 9.62. The first-order valence-corrected chi connectivity index (χ1v) is 14.5. The molecule has 7 heteroatoms. The predicted octanol–water partition coefficient (Wildman–Crippen LogP) is 6.96. The van der Waals surface area contributed by atoms with E-state index in [2.05, 4.69) is 43.2 Å². The van der Waals surface area contributed by atoms with E-state index in [0.717, 1.165) is 49.7 Å². The largest absolute Gasteiger partial charge is 0.352 e. The Labute approximate surface area is 236 Å². The van der Waals surface area contributed by atoms with E-state index < -0.39 is 5.54 Å². The van der Waals surface area contributed by atoms with Gasteiger partial charge in [-0.2, -0.15) is 0 Å². The number of hydrogen-bond acceptors (Lipinski definition) is 3. The van der Waals surface area contributed by atoms with Gasteiger partial charge >= 0.3 is 0 Å². The molecule has 2 aliphatic carbocycles. The monoisotopic (exact) mass is 555 g/mol. The van der Waals surface area contributed by atoms with Crippen LogP contribution in [0, 0.1) is 10.8 Å². The maximum atomic E-state index is 14.3. The molecule has 5 nitrogen and oxygen atoms in total. The molecule has 204 valence electrons. The summed E-state index contributed by atoms with van der Waals surface area (Å²) in [5.74, 6) is -0.135. The van der Waals surface area contributed by atoms with Crippen molar-refractivity contribution in [2.45, 2.75) is 90.3 Å². The van der Waals surface area contributed by atoms with Crippen LogP contribution in [0.4, 0.5) is 5.69 Å². The SMILES string of the molecule is CC1(C)CC(N(CC(=O)NC2CCC2)C2(Cc3cccc(Cl)c3)C(=O)Nc3cc(Cl)ccc32)CC(C)(C)C1. The zero-order valence-electron chi connectivity index (χ0n) is 22.9. The highest BCUT2D eigenvalue weighted by atomic mass is 35.5. The van der Waals surface area contributed by atoms with Crippen LogP contribution in [-0.2, 0) is 21.5 Å². The van der Waals surface area contributed by atoms with E-state index in [9.17, 15) is 9.59 Å². The lowest BCUT2D eigenvalue weighted by Crippen LogP contribution is -2.62. The van der Waals surface area contributed by atoms with Gasteiger partial charge in [0.25, 0.3) is 0 Å². The first kappa shape index (κ1) is 27.5. The molecule has 2 aromatic carbocycles. The maximum Gasteiger partial charge on any atom is 0.249 e. The minimum atomic E-state index is -1.07. The van der Waals surface area contributed by atoms with Gasteiger partial charge in [0.2, 0.25) is 11.8 Å². The Morgan fingerprint density at radius 1 is 1.03 bits per heavy atom. The van der Waals surface area contributed by atoms with Gasteiger partial charge in [-0.05, 0) is 79.2 Å². The third-order valence-corrected chi connectivity index (χ3v) is 9.12. The molecule has 0 spiro atoms. The second-order valence-corrected chi connectivity index (χ2v) is 14.1. The molecule has 0 bridgehead atoms. The average Bonchev–Trinajstić information content (AvgIpc) is 3.03. The molecule has 2 aromatic rings. The fourth-order valence-electron chi connectivity index (χ4n) is 7.40. The summed E-state index contributed by atoms with van der Waals surface area (Å²) in [4.78, 5) is 30.1. The molecule has 2 fully saturated rings. The van der Waals surface area contributed by atoms with Crippen LogP contribution < -0.4 is 10.6 Å². The van der Waals surface area contributed by atoms with Crippen molar-refractivity contribution in [2.75, 3.05) is 11.9 Å². The Morgan fingerprint density at radius 2 is 1.71 bits per heavy atom. The first-order chi connectivity index (χ1) is 17.9. The summed E-state index contributed by atoms with van der Waals surface area (Å²) in [6, 6.07) is 13.6. The van der Waals surface area contributed by atoms with Gasteiger partial charge in [-0.25, -0.2) is 0 Å². The molecule has 1 heterocycles. The number of fused-ring (bicyclic) bond motifs is 1. The number of benzene rings is 2. The van der Waals surface area contributed by atoms with Crippen LogP contribution in [0.5, 0.6) is 0 Å². The molecule has 2 saturated carbocycles. The molecular formula is C31H39Cl2N3O2. The second-order valence-electron chi connectivity index (χ2n) is 13.2. The van der Waals surface area contributed by atoms with E-state index in [1.807, 2.05) is 42.5 Å². The number of halogens is 2. The van der Waals surface area contributed by atoms with E-state index in [1.165, 1.54) is 0 Å². The molecule has 38 heavy (non-hydrogen) atoms. The number of anilines is 1. The van der Waals surface area contributed by atoms with Crippen LogP contribution in [0.2, 0.25) is 10.0 Å². The molecule has 1 atom stereocenters. The molecule has 0 aromatic heterocycles. The number of amides is 2. The van der Waals surface area contributed by atoms with Crippen molar-refractivity contribution in [2.24, 2.45) is 10.8 Å². The van der Waals surface area contributed by atoms with Crippen LogP contribution in [0.15, 0.2) is 42.5 Å². The van der Waals surface area contributed by atoms with Crippen molar-refractivity contribution < 1.29 is 9.59 Å². The minimum absolute atomic E-state index is 0.0171. The third kappa shape index (κ3) is 5.48. The fourth-order valence-corrected chi connectivity index (χ4v) is 7.78. The number of hydrogen-bond donors (Lipinski definition) is 2. The van der Waals surface area contributed by atoms with Crippen LogP contribution >= 0.6 is 23.2 Å². The van der Waals surface area contributed by atoms with Gasteiger partial charge in [-0.1, -0.05) is 69.1 Å². The topological polar surface area (TPSA) is 61.4 Å². The van der Waals surface area contributed by atoms with Crippen molar-refractivity contribution in [1.29, 1.82) is 0 Å². The molecule has 2 N–H and O–H groups in total. The molecule has 1 aliphatic heterocycles. The summed E-state index contributed by atoms with van der Waals surface area (Å²) < 4.78 is 0. The Kier molecular flexibility index (Phi) is 7.34. The average molecular weight is 557 g/mol. The normalized spacial score (nSPS) is 24.6. The summed E-state index contributed by atoms with van der Waals surface area (Å²) in [7, 11) is 0. The van der Waals surface area contributed by atoms with Crippen LogP contribution in [0.25, 0.3) is 0 Å². The molecule has 2 amide bonds. The van der Waals surface area contributed by atoms with E-state index >= 15 is 0 Å². The van der Waals surface area contributed by atoms with Crippen LogP contribution in [0.1, 0.15) is 77.3 Å². The maximum absolute atomic E-state index is 14.3. The van der Waals surface area contributed by atoms with Gasteiger partial charge in [-0.15, -0.1) is 0 Å². The Bertz CT molecular complexity index is 1220. The van der Waals surface area contributed by atoms with Gasteiger partial charge in [0.15, 0.2) is 0 Å². The second kappa shape index (κ2) is 10.1. The summed E-state index contributed by atoms with van der Waals surface area (Å²) in [6.07, 6.45) is 6.49. The van der Waals surface area contributed by atoms with E-state index in [1.54, 1.807) is 0 Å². The van der Waals surface area contributed by atoms with Crippen molar-refractivity contribution in [3.63, 3.8) is 0 Å².